The average Bonchev–Trinajstić information content (AvgIpc) is 2.90. The summed E-state index contributed by atoms with van der Waals surface area (Å²) in [6.45, 7) is 2.60. The van der Waals surface area contributed by atoms with Gasteiger partial charge in [0.25, 0.3) is 0 Å². The minimum atomic E-state index is 0.0704. The summed E-state index contributed by atoms with van der Waals surface area (Å²) < 4.78 is 6.51. The molecule has 1 aliphatic rings. The number of nitrogens with zero attached hydrogens (tertiary/aromatic N) is 1. The number of rotatable bonds is 4. The van der Waals surface area contributed by atoms with Crippen LogP contribution in [0.4, 0.5) is 5.13 Å². The van der Waals surface area contributed by atoms with E-state index < -0.39 is 0 Å². The number of benzene rings is 1. The van der Waals surface area contributed by atoms with Crippen LogP contribution in [0.2, 0.25) is 0 Å². The first-order valence-electron chi connectivity index (χ1n) is 7.25. The number of allylic oxidation sites excluding steroid dienone is 2. The monoisotopic (exact) mass is 302 g/mol. The molecular formula is C16H18N2O2S. The standard InChI is InChI=1S/C16H18N2O2S/c1-2-20-12-8-9-13-14(10-12)21-16(17-13)18-15(19)11-6-4-3-5-7-11/h3-4,8-11H,2,5-7H2,1H3,(H,17,18,19)/t11-/m0/s1. The van der Waals surface area contributed by atoms with Crippen LogP contribution in [0.15, 0.2) is 30.4 Å². The van der Waals surface area contributed by atoms with Crippen LogP contribution in [0.5, 0.6) is 5.75 Å². The maximum atomic E-state index is 12.2. The third kappa shape index (κ3) is 3.24. The molecule has 4 nitrogen and oxygen atoms in total. The molecule has 0 unspecified atom stereocenters. The molecule has 110 valence electrons. The van der Waals surface area contributed by atoms with Crippen LogP contribution in [0.25, 0.3) is 10.2 Å². The van der Waals surface area contributed by atoms with Gasteiger partial charge in [-0.05, 0) is 44.4 Å². The Balaban J connectivity index is 1.74. The second-order valence-corrected chi connectivity index (χ2v) is 6.08. The highest BCUT2D eigenvalue weighted by atomic mass is 32.1. The summed E-state index contributed by atoms with van der Waals surface area (Å²) in [6.07, 6.45) is 6.94. The molecule has 0 spiro atoms. The van der Waals surface area contributed by atoms with E-state index in [1.807, 2.05) is 25.1 Å². The van der Waals surface area contributed by atoms with Crippen molar-refractivity contribution < 1.29 is 9.53 Å². The smallest absolute Gasteiger partial charge is 0.229 e. The summed E-state index contributed by atoms with van der Waals surface area (Å²) in [5.41, 5.74) is 0.891. The van der Waals surface area contributed by atoms with Gasteiger partial charge in [0.2, 0.25) is 5.91 Å². The number of fused-ring (bicyclic) bond motifs is 1. The van der Waals surface area contributed by atoms with Crippen LogP contribution in [0.3, 0.4) is 0 Å². The Bertz CT molecular complexity index is 678. The van der Waals surface area contributed by atoms with Crippen molar-refractivity contribution in [2.45, 2.75) is 26.2 Å². The second-order valence-electron chi connectivity index (χ2n) is 5.05. The lowest BCUT2D eigenvalue weighted by Gasteiger charge is -2.15. The Morgan fingerprint density at radius 2 is 2.38 bits per heavy atom. The Labute approximate surface area is 127 Å². The summed E-state index contributed by atoms with van der Waals surface area (Å²) >= 11 is 1.49. The summed E-state index contributed by atoms with van der Waals surface area (Å²) in [6, 6.07) is 5.80. The molecule has 0 bridgehead atoms. The van der Waals surface area contributed by atoms with Crippen molar-refractivity contribution in [2.75, 3.05) is 11.9 Å². The maximum absolute atomic E-state index is 12.2. The third-order valence-electron chi connectivity index (χ3n) is 3.54. The van der Waals surface area contributed by atoms with Crippen molar-refractivity contribution in [3.05, 3.63) is 30.4 Å². The Hall–Kier alpha value is -1.88. The van der Waals surface area contributed by atoms with Gasteiger partial charge < -0.3 is 10.1 Å². The predicted octanol–water partition coefficient (Wildman–Crippen LogP) is 3.99. The fourth-order valence-corrected chi connectivity index (χ4v) is 3.35. The lowest BCUT2D eigenvalue weighted by molar-refractivity contribution is -0.120. The highest BCUT2D eigenvalue weighted by Gasteiger charge is 2.19. The zero-order chi connectivity index (χ0) is 14.7. The number of carbonyl (C=O) groups excluding carboxylic acids is 1. The molecule has 1 amide bonds. The second kappa shape index (κ2) is 6.26. The van der Waals surface area contributed by atoms with Gasteiger partial charge in [-0.2, -0.15) is 0 Å². The van der Waals surface area contributed by atoms with Gasteiger partial charge in [0, 0.05) is 5.92 Å². The molecule has 0 aliphatic heterocycles. The first-order valence-corrected chi connectivity index (χ1v) is 8.07. The van der Waals surface area contributed by atoms with Gasteiger partial charge in [-0.1, -0.05) is 23.5 Å². The fourth-order valence-electron chi connectivity index (χ4n) is 2.45. The number of amides is 1. The molecule has 1 atom stereocenters. The van der Waals surface area contributed by atoms with E-state index in [1.54, 1.807) is 0 Å². The van der Waals surface area contributed by atoms with E-state index in [2.05, 4.69) is 22.5 Å². The van der Waals surface area contributed by atoms with Crippen molar-refractivity contribution in [1.29, 1.82) is 0 Å². The van der Waals surface area contributed by atoms with E-state index in [9.17, 15) is 4.79 Å². The third-order valence-corrected chi connectivity index (χ3v) is 4.47. The Morgan fingerprint density at radius 3 is 3.14 bits per heavy atom. The average molecular weight is 302 g/mol. The van der Waals surface area contributed by atoms with E-state index in [0.29, 0.717) is 11.7 Å². The van der Waals surface area contributed by atoms with Crippen molar-refractivity contribution in [3.8, 4) is 5.75 Å². The molecule has 1 aromatic carbocycles. The number of hydrogen-bond donors (Lipinski definition) is 1. The molecule has 1 N–H and O–H groups in total. The number of thiazole rings is 1. The normalized spacial score (nSPS) is 17.9. The van der Waals surface area contributed by atoms with Crippen LogP contribution in [-0.4, -0.2) is 17.5 Å². The van der Waals surface area contributed by atoms with Crippen LogP contribution >= 0.6 is 11.3 Å². The minimum Gasteiger partial charge on any atom is -0.494 e. The van der Waals surface area contributed by atoms with Crippen LogP contribution in [0, 0.1) is 5.92 Å². The lowest BCUT2D eigenvalue weighted by Crippen LogP contribution is -2.23. The number of aromatic nitrogens is 1. The summed E-state index contributed by atoms with van der Waals surface area (Å²) in [7, 11) is 0. The molecule has 0 saturated heterocycles. The molecular weight excluding hydrogens is 284 g/mol. The van der Waals surface area contributed by atoms with Crippen molar-refractivity contribution in [2.24, 2.45) is 5.92 Å². The number of carbonyl (C=O) groups is 1. The summed E-state index contributed by atoms with van der Waals surface area (Å²) in [5, 5.41) is 3.61. The van der Waals surface area contributed by atoms with E-state index in [4.69, 9.17) is 4.74 Å². The van der Waals surface area contributed by atoms with Crippen molar-refractivity contribution in [1.82, 2.24) is 4.98 Å². The first-order chi connectivity index (χ1) is 10.3. The molecule has 0 fully saturated rings. The van der Waals surface area contributed by atoms with E-state index in [-0.39, 0.29) is 11.8 Å². The SMILES string of the molecule is CCOc1ccc2nc(NC(=O)[C@H]3CC=CCC3)sc2c1. The zero-order valence-electron chi connectivity index (χ0n) is 12.0. The Morgan fingerprint density at radius 1 is 1.48 bits per heavy atom. The lowest BCUT2D eigenvalue weighted by atomic mass is 9.94. The fraction of sp³-hybridized carbons (Fsp3) is 0.375. The van der Waals surface area contributed by atoms with Gasteiger partial charge in [0.15, 0.2) is 5.13 Å². The number of ether oxygens (including phenoxy) is 1. The van der Waals surface area contributed by atoms with Gasteiger partial charge in [0.05, 0.1) is 16.8 Å². The summed E-state index contributed by atoms with van der Waals surface area (Å²) in [5.74, 6) is 0.980. The van der Waals surface area contributed by atoms with Crippen LogP contribution in [-0.2, 0) is 4.79 Å². The highest BCUT2D eigenvalue weighted by molar-refractivity contribution is 7.22. The van der Waals surface area contributed by atoms with Gasteiger partial charge in [-0.3, -0.25) is 4.79 Å². The molecule has 3 rings (SSSR count). The minimum absolute atomic E-state index is 0.0704. The quantitative estimate of drug-likeness (QED) is 0.869. The van der Waals surface area contributed by atoms with E-state index in [1.165, 1.54) is 11.3 Å². The van der Waals surface area contributed by atoms with E-state index >= 15 is 0 Å². The zero-order valence-corrected chi connectivity index (χ0v) is 12.8. The number of hydrogen-bond acceptors (Lipinski definition) is 4. The summed E-state index contributed by atoms with van der Waals surface area (Å²) in [4.78, 5) is 16.7. The molecule has 2 aromatic rings. The Kier molecular flexibility index (Phi) is 4.20. The first kappa shape index (κ1) is 14.1. The van der Waals surface area contributed by atoms with Crippen molar-refractivity contribution >= 4 is 32.6 Å². The largest absolute Gasteiger partial charge is 0.494 e. The maximum Gasteiger partial charge on any atom is 0.229 e. The van der Waals surface area contributed by atoms with Crippen LogP contribution < -0.4 is 10.1 Å². The molecule has 0 radical (unpaired) electrons. The van der Waals surface area contributed by atoms with E-state index in [0.717, 1.165) is 35.2 Å². The van der Waals surface area contributed by atoms with Crippen LogP contribution in [0.1, 0.15) is 26.2 Å². The predicted molar refractivity (Wildman–Crippen MR) is 85.9 cm³/mol. The van der Waals surface area contributed by atoms with Gasteiger partial charge in [-0.25, -0.2) is 4.98 Å². The molecule has 0 saturated carbocycles. The topological polar surface area (TPSA) is 51.2 Å². The molecule has 5 heteroatoms. The highest BCUT2D eigenvalue weighted by Crippen LogP contribution is 2.30. The number of nitrogens with one attached hydrogen (secondary N) is 1. The van der Waals surface area contributed by atoms with Gasteiger partial charge in [0.1, 0.15) is 5.75 Å². The number of anilines is 1. The van der Waals surface area contributed by atoms with Gasteiger partial charge >= 0.3 is 0 Å². The van der Waals surface area contributed by atoms with Crippen molar-refractivity contribution in [3.63, 3.8) is 0 Å². The molecule has 1 heterocycles. The van der Waals surface area contributed by atoms with Gasteiger partial charge in [-0.15, -0.1) is 0 Å². The molecule has 1 aromatic heterocycles. The molecule has 21 heavy (non-hydrogen) atoms. The molecule has 1 aliphatic carbocycles.